The van der Waals surface area contributed by atoms with Gasteiger partial charge in [-0.2, -0.15) is 0 Å². The van der Waals surface area contributed by atoms with Crippen LogP contribution >= 0.6 is 0 Å². The normalized spacial score (nSPS) is 14.0. The molecule has 5 heteroatoms. The molecule has 0 spiro atoms. The Morgan fingerprint density at radius 2 is 1.42 bits per heavy atom. The molecule has 0 bridgehead atoms. The summed E-state index contributed by atoms with van der Waals surface area (Å²) in [5, 5.41) is 19.0. The Hall–Kier alpha value is -1.07. The van der Waals surface area contributed by atoms with Gasteiger partial charge >= 0.3 is 0 Å². The molecule has 0 aromatic heterocycles. The van der Waals surface area contributed by atoms with Crippen LogP contribution in [0.1, 0.15) is 84.0 Å². The smallest absolute Gasteiger partial charge is 0.186 e. The fraction of sp³-hybridized carbons (Fsp3) is 0.842. The van der Waals surface area contributed by atoms with Crippen molar-refractivity contribution in [1.82, 2.24) is 0 Å². The predicted octanol–water partition coefficient (Wildman–Crippen LogP) is 3.24. The Kier molecular flexibility index (Phi) is 16.0. The van der Waals surface area contributed by atoms with Crippen molar-refractivity contribution in [3.63, 3.8) is 0 Å². The molecule has 0 aliphatic carbocycles. The molecular weight excluding hydrogens is 302 g/mol. The minimum atomic E-state index is -0.843. The van der Waals surface area contributed by atoms with Crippen molar-refractivity contribution >= 4 is 5.96 Å². The standard InChI is InChI=1S/C19H39N3O2/c1-2-3-4-5-6-7-8-9-10-11-12-13-14-15-18(24)17(16-23)22-19(20)21/h14-15,17-18,23-24H,2-13,16H2,1H3,(H4,20,21,22)/b15-14+. The fourth-order valence-corrected chi connectivity index (χ4v) is 2.71. The van der Waals surface area contributed by atoms with E-state index in [1.54, 1.807) is 6.08 Å². The minimum absolute atomic E-state index is 0.119. The summed E-state index contributed by atoms with van der Waals surface area (Å²) in [6, 6.07) is -0.677. The van der Waals surface area contributed by atoms with Crippen LogP contribution in [-0.4, -0.2) is 34.9 Å². The molecule has 24 heavy (non-hydrogen) atoms. The van der Waals surface area contributed by atoms with Gasteiger partial charge in [0, 0.05) is 0 Å². The molecule has 6 N–H and O–H groups in total. The number of aliphatic imine (C=N–C) groups is 1. The number of hydrogen-bond donors (Lipinski definition) is 4. The predicted molar refractivity (Wildman–Crippen MR) is 103 cm³/mol. The molecule has 0 aromatic carbocycles. The summed E-state index contributed by atoms with van der Waals surface area (Å²) in [6.07, 6.45) is 18.3. The zero-order chi connectivity index (χ0) is 18.0. The molecule has 0 amide bonds. The monoisotopic (exact) mass is 341 g/mol. The number of unbranched alkanes of at least 4 members (excludes halogenated alkanes) is 11. The van der Waals surface area contributed by atoms with Crippen molar-refractivity contribution in [2.24, 2.45) is 16.5 Å². The van der Waals surface area contributed by atoms with Gasteiger partial charge in [0.2, 0.25) is 0 Å². The molecule has 0 fully saturated rings. The second-order valence-electron chi connectivity index (χ2n) is 6.55. The third-order valence-electron chi connectivity index (χ3n) is 4.20. The van der Waals surface area contributed by atoms with Gasteiger partial charge in [0.1, 0.15) is 6.04 Å². The number of allylic oxidation sites excluding steroid dienone is 1. The Labute approximate surface area is 148 Å². The van der Waals surface area contributed by atoms with Gasteiger partial charge in [0.05, 0.1) is 12.7 Å². The van der Waals surface area contributed by atoms with Crippen LogP contribution in [0.2, 0.25) is 0 Å². The van der Waals surface area contributed by atoms with Crippen LogP contribution in [0.15, 0.2) is 17.1 Å². The fourth-order valence-electron chi connectivity index (χ4n) is 2.71. The van der Waals surface area contributed by atoms with Crippen LogP contribution in [0.4, 0.5) is 0 Å². The van der Waals surface area contributed by atoms with E-state index < -0.39 is 12.1 Å². The summed E-state index contributed by atoms with van der Waals surface area (Å²) in [4.78, 5) is 3.80. The largest absolute Gasteiger partial charge is 0.394 e. The summed E-state index contributed by atoms with van der Waals surface area (Å²) in [5.74, 6) is -0.119. The number of rotatable bonds is 16. The summed E-state index contributed by atoms with van der Waals surface area (Å²) in [7, 11) is 0. The molecule has 0 saturated heterocycles. The van der Waals surface area contributed by atoms with E-state index in [4.69, 9.17) is 16.6 Å². The van der Waals surface area contributed by atoms with Gasteiger partial charge in [0.25, 0.3) is 0 Å². The molecule has 0 aromatic rings. The number of hydrogen-bond acceptors (Lipinski definition) is 3. The van der Waals surface area contributed by atoms with E-state index in [9.17, 15) is 5.11 Å². The van der Waals surface area contributed by atoms with Gasteiger partial charge in [0.15, 0.2) is 5.96 Å². The van der Waals surface area contributed by atoms with E-state index in [0.29, 0.717) is 0 Å². The molecule has 0 heterocycles. The maximum absolute atomic E-state index is 9.87. The average Bonchev–Trinajstić information content (AvgIpc) is 2.56. The lowest BCUT2D eigenvalue weighted by molar-refractivity contribution is 0.145. The zero-order valence-electron chi connectivity index (χ0n) is 15.5. The lowest BCUT2D eigenvalue weighted by Crippen LogP contribution is -2.32. The first-order valence-corrected chi connectivity index (χ1v) is 9.66. The van der Waals surface area contributed by atoms with Gasteiger partial charge in [-0.05, 0) is 12.8 Å². The van der Waals surface area contributed by atoms with E-state index >= 15 is 0 Å². The highest BCUT2D eigenvalue weighted by atomic mass is 16.3. The van der Waals surface area contributed by atoms with Crippen LogP contribution in [0, 0.1) is 0 Å². The van der Waals surface area contributed by atoms with Gasteiger partial charge in [-0.25, -0.2) is 4.99 Å². The lowest BCUT2D eigenvalue weighted by Gasteiger charge is -2.13. The minimum Gasteiger partial charge on any atom is -0.394 e. The topological polar surface area (TPSA) is 105 Å². The second-order valence-corrected chi connectivity index (χ2v) is 6.55. The highest BCUT2D eigenvalue weighted by molar-refractivity contribution is 5.75. The Balaban J connectivity index is 3.50. The summed E-state index contributed by atoms with van der Waals surface area (Å²) < 4.78 is 0. The maximum atomic E-state index is 9.87. The van der Waals surface area contributed by atoms with E-state index in [0.717, 1.165) is 12.8 Å². The van der Waals surface area contributed by atoms with E-state index in [2.05, 4.69) is 11.9 Å². The molecule has 0 radical (unpaired) electrons. The summed E-state index contributed by atoms with van der Waals surface area (Å²) >= 11 is 0. The quantitative estimate of drug-likeness (QED) is 0.150. The first-order valence-electron chi connectivity index (χ1n) is 9.66. The summed E-state index contributed by atoms with van der Waals surface area (Å²) in [5.41, 5.74) is 10.5. The highest BCUT2D eigenvalue weighted by Gasteiger charge is 2.14. The van der Waals surface area contributed by atoms with Crippen molar-refractivity contribution in [2.45, 2.75) is 96.1 Å². The number of aliphatic hydroxyl groups is 2. The van der Waals surface area contributed by atoms with Crippen LogP contribution in [0.25, 0.3) is 0 Å². The summed E-state index contributed by atoms with van der Waals surface area (Å²) in [6.45, 7) is 1.98. The lowest BCUT2D eigenvalue weighted by atomic mass is 10.0. The van der Waals surface area contributed by atoms with Crippen LogP contribution in [0.5, 0.6) is 0 Å². The third-order valence-corrected chi connectivity index (χ3v) is 4.20. The Morgan fingerprint density at radius 1 is 0.917 bits per heavy atom. The first-order chi connectivity index (χ1) is 11.6. The van der Waals surface area contributed by atoms with Crippen molar-refractivity contribution in [3.05, 3.63) is 12.2 Å². The van der Waals surface area contributed by atoms with Gasteiger partial charge < -0.3 is 21.7 Å². The highest BCUT2D eigenvalue weighted by Crippen LogP contribution is 2.12. The van der Waals surface area contributed by atoms with Crippen LogP contribution in [-0.2, 0) is 0 Å². The van der Waals surface area contributed by atoms with Crippen LogP contribution in [0.3, 0.4) is 0 Å². The molecule has 0 aliphatic rings. The zero-order valence-corrected chi connectivity index (χ0v) is 15.5. The maximum Gasteiger partial charge on any atom is 0.186 e. The average molecular weight is 342 g/mol. The molecule has 5 nitrogen and oxygen atoms in total. The molecule has 0 aliphatic heterocycles. The van der Waals surface area contributed by atoms with E-state index in [1.165, 1.54) is 64.2 Å². The first kappa shape index (κ1) is 22.9. The van der Waals surface area contributed by atoms with E-state index in [-0.39, 0.29) is 12.6 Å². The van der Waals surface area contributed by atoms with Crippen molar-refractivity contribution < 1.29 is 10.2 Å². The van der Waals surface area contributed by atoms with Gasteiger partial charge in [-0.15, -0.1) is 0 Å². The van der Waals surface area contributed by atoms with E-state index in [1.807, 2.05) is 6.08 Å². The molecule has 0 rings (SSSR count). The Morgan fingerprint density at radius 3 is 1.88 bits per heavy atom. The molecular formula is C19H39N3O2. The van der Waals surface area contributed by atoms with Crippen molar-refractivity contribution in [1.29, 1.82) is 0 Å². The van der Waals surface area contributed by atoms with Crippen molar-refractivity contribution in [3.8, 4) is 0 Å². The second kappa shape index (κ2) is 16.8. The third kappa shape index (κ3) is 14.5. The molecule has 2 atom stereocenters. The molecule has 0 saturated carbocycles. The SMILES string of the molecule is CCCCCCCCCCCCC/C=C/C(O)C(CO)N=C(N)N. The molecule has 142 valence electrons. The van der Waals surface area contributed by atoms with Gasteiger partial charge in [-0.1, -0.05) is 83.3 Å². The molecule has 2 unspecified atom stereocenters. The van der Waals surface area contributed by atoms with Gasteiger partial charge in [-0.3, -0.25) is 0 Å². The number of aliphatic hydroxyl groups excluding tert-OH is 2. The number of nitrogens with two attached hydrogens (primary N) is 2. The number of nitrogens with zero attached hydrogens (tertiary/aromatic N) is 1. The number of guanidine groups is 1. The van der Waals surface area contributed by atoms with Crippen LogP contribution < -0.4 is 11.5 Å². The van der Waals surface area contributed by atoms with Crippen molar-refractivity contribution in [2.75, 3.05) is 6.61 Å². The Bertz CT molecular complexity index is 329.